The molecule has 3 rings (SSSR count). The molecule has 0 saturated carbocycles. The normalized spacial score (nSPS) is 15.8. The molecule has 0 saturated heterocycles. The van der Waals surface area contributed by atoms with Crippen molar-refractivity contribution in [1.82, 2.24) is 0 Å². The summed E-state index contributed by atoms with van der Waals surface area (Å²) in [6.07, 6.45) is 1.53. The van der Waals surface area contributed by atoms with Crippen molar-refractivity contribution in [2.45, 2.75) is 32.8 Å². The van der Waals surface area contributed by atoms with Crippen LogP contribution in [0.15, 0.2) is 47.6 Å². The lowest BCUT2D eigenvalue weighted by Crippen LogP contribution is -2.23. The number of carbonyl (C=O) groups is 1. The van der Waals surface area contributed by atoms with E-state index in [9.17, 15) is 13.2 Å². The molecule has 0 bridgehead atoms. The quantitative estimate of drug-likeness (QED) is 0.359. The molecule has 2 aromatic carbocycles. The molecule has 1 amide bonds. The van der Waals surface area contributed by atoms with E-state index in [0.29, 0.717) is 30.9 Å². The monoisotopic (exact) mass is 434 g/mol. The molecule has 9 nitrogen and oxygen atoms in total. The molecule has 10 heteroatoms. The first-order valence-corrected chi connectivity index (χ1v) is 10.6. The summed E-state index contributed by atoms with van der Waals surface area (Å²) in [4.78, 5) is 11.4. The maximum atomic E-state index is 11.7. The van der Waals surface area contributed by atoms with Crippen molar-refractivity contribution in [3.05, 3.63) is 53.6 Å². The fraction of sp³-hybridized carbons (Fsp3) is 0.300. The van der Waals surface area contributed by atoms with Gasteiger partial charge in [0.1, 0.15) is 17.6 Å². The standard InChI is InChI=1S/C20H22N2O7S/c1-14-5-7-16(8-6-14)28-30(24,25)29-21-11-3-4-12-26-17-9-10-19-18(13-17)15(2)27-20(23)22-19/h5-11,13,15H,3-4,12H2,1-2H3,(H,22,23). The van der Waals surface area contributed by atoms with E-state index in [1.807, 2.05) is 13.0 Å². The highest BCUT2D eigenvalue weighted by molar-refractivity contribution is 7.82. The molecule has 1 heterocycles. The van der Waals surface area contributed by atoms with Gasteiger partial charge in [-0.2, -0.15) is 0 Å². The number of carbonyl (C=O) groups excluding carboxylic acids is 1. The summed E-state index contributed by atoms with van der Waals surface area (Å²) >= 11 is 0. The zero-order chi connectivity index (χ0) is 21.6. The number of aryl methyl sites for hydroxylation is 1. The van der Waals surface area contributed by atoms with Crippen LogP contribution >= 0.6 is 0 Å². The van der Waals surface area contributed by atoms with Gasteiger partial charge in [0.05, 0.1) is 12.3 Å². The molecular weight excluding hydrogens is 412 g/mol. The van der Waals surface area contributed by atoms with Gasteiger partial charge in [-0.1, -0.05) is 22.9 Å². The molecule has 1 unspecified atom stereocenters. The van der Waals surface area contributed by atoms with E-state index in [4.69, 9.17) is 13.7 Å². The lowest BCUT2D eigenvalue weighted by atomic mass is 10.1. The highest BCUT2D eigenvalue weighted by Crippen LogP contribution is 2.33. The van der Waals surface area contributed by atoms with Crippen LogP contribution in [0.5, 0.6) is 11.5 Å². The maximum Gasteiger partial charge on any atom is 0.521 e. The summed E-state index contributed by atoms with van der Waals surface area (Å²) in [6, 6.07) is 11.8. The number of anilines is 1. The van der Waals surface area contributed by atoms with E-state index in [1.165, 1.54) is 18.3 Å². The van der Waals surface area contributed by atoms with E-state index in [-0.39, 0.29) is 11.9 Å². The average Bonchev–Trinajstić information content (AvgIpc) is 2.69. The molecule has 1 aliphatic heterocycles. The van der Waals surface area contributed by atoms with E-state index in [1.54, 1.807) is 31.2 Å². The van der Waals surface area contributed by atoms with Crippen molar-refractivity contribution in [2.24, 2.45) is 5.16 Å². The van der Waals surface area contributed by atoms with Crippen LogP contribution in [0, 0.1) is 6.92 Å². The third-order valence-electron chi connectivity index (χ3n) is 4.16. The molecule has 0 radical (unpaired) electrons. The molecule has 30 heavy (non-hydrogen) atoms. The van der Waals surface area contributed by atoms with Crippen molar-refractivity contribution in [1.29, 1.82) is 0 Å². The number of hydrogen-bond donors (Lipinski definition) is 1. The number of cyclic esters (lactones) is 1. The minimum atomic E-state index is -4.27. The number of nitrogens with zero attached hydrogens (tertiary/aromatic N) is 1. The molecule has 1 aliphatic rings. The number of fused-ring (bicyclic) bond motifs is 1. The first kappa shape index (κ1) is 21.4. The Morgan fingerprint density at radius 2 is 1.90 bits per heavy atom. The SMILES string of the molecule is Cc1ccc(OS(=O)(=O)ON=CCCCOc2ccc3c(c2)C(C)OC(=O)N3)cc1. The third-order valence-corrected chi connectivity index (χ3v) is 4.82. The minimum Gasteiger partial charge on any atom is -0.494 e. The number of oxime groups is 1. The first-order chi connectivity index (χ1) is 14.3. The zero-order valence-electron chi connectivity index (χ0n) is 16.5. The van der Waals surface area contributed by atoms with E-state index in [2.05, 4.69) is 14.8 Å². The Labute approximate surface area is 174 Å². The summed E-state index contributed by atoms with van der Waals surface area (Å²) in [5.41, 5.74) is 2.51. The van der Waals surface area contributed by atoms with Crippen LogP contribution in [-0.2, 0) is 19.4 Å². The van der Waals surface area contributed by atoms with Gasteiger partial charge in [-0.15, -0.1) is 8.42 Å². The Morgan fingerprint density at radius 1 is 1.17 bits per heavy atom. The van der Waals surface area contributed by atoms with Gasteiger partial charge in [-0.25, -0.2) is 9.08 Å². The minimum absolute atomic E-state index is 0.147. The molecule has 0 aromatic heterocycles. The summed E-state index contributed by atoms with van der Waals surface area (Å²) in [5, 5.41) is 6.06. The fourth-order valence-corrected chi connectivity index (χ4v) is 3.22. The largest absolute Gasteiger partial charge is 0.521 e. The van der Waals surface area contributed by atoms with Crippen molar-refractivity contribution >= 4 is 28.4 Å². The van der Waals surface area contributed by atoms with Crippen LogP contribution in [0.3, 0.4) is 0 Å². The molecule has 0 aliphatic carbocycles. The number of amides is 1. The van der Waals surface area contributed by atoms with Gasteiger partial charge < -0.3 is 13.7 Å². The van der Waals surface area contributed by atoms with Gasteiger partial charge in [0.25, 0.3) is 0 Å². The van der Waals surface area contributed by atoms with Crippen molar-refractivity contribution in [3.63, 3.8) is 0 Å². The van der Waals surface area contributed by atoms with Crippen LogP contribution in [0.2, 0.25) is 0 Å². The van der Waals surface area contributed by atoms with E-state index in [0.717, 1.165) is 11.1 Å². The smallest absolute Gasteiger partial charge is 0.494 e. The van der Waals surface area contributed by atoms with Crippen LogP contribution in [-0.4, -0.2) is 27.3 Å². The topological polar surface area (TPSA) is 113 Å². The summed E-state index contributed by atoms with van der Waals surface area (Å²) in [5.74, 6) is 0.788. The van der Waals surface area contributed by atoms with E-state index >= 15 is 0 Å². The number of hydrogen-bond acceptors (Lipinski definition) is 8. The van der Waals surface area contributed by atoms with Crippen molar-refractivity contribution in [2.75, 3.05) is 11.9 Å². The van der Waals surface area contributed by atoms with Gasteiger partial charge in [0, 0.05) is 11.8 Å². The summed E-state index contributed by atoms with van der Waals surface area (Å²) < 4.78 is 43.4. The van der Waals surface area contributed by atoms with Gasteiger partial charge in [0.2, 0.25) is 0 Å². The Balaban J connectivity index is 1.39. The van der Waals surface area contributed by atoms with Gasteiger partial charge >= 0.3 is 16.5 Å². The number of nitrogens with one attached hydrogen (secondary N) is 1. The second-order valence-corrected chi connectivity index (χ2v) is 7.71. The third kappa shape index (κ3) is 6.11. The second-order valence-electron chi connectivity index (χ2n) is 6.58. The highest BCUT2D eigenvalue weighted by atomic mass is 32.3. The van der Waals surface area contributed by atoms with Gasteiger partial charge in [0.15, 0.2) is 0 Å². The average molecular weight is 434 g/mol. The predicted octanol–water partition coefficient (Wildman–Crippen LogP) is 4.10. The Morgan fingerprint density at radius 3 is 2.67 bits per heavy atom. The van der Waals surface area contributed by atoms with Crippen LogP contribution < -0.4 is 14.2 Å². The molecular formula is C20H22N2O7S. The zero-order valence-corrected chi connectivity index (χ0v) is 17.3. The number of rotatable bonds is 9. The van der Waals surface area contributed by atoms with Gasteiger partial charge in [-0.3, -0.25) is 5.32 Å². The van der Waals surface area contributed by atoms with E-state index < -0.39 is 16.5 Å². The molecule has 1 atom stereocenters. The Bertz CT molecular complexity index is 1020. The van der Waals surface area contributed by atoms with Crippen LogP contribution in [0.1, 0.15) is 37.0 Å². The molecule has 2 aromatic rings. The highest BCUT2D eigenvalue weighted by Gasteiger charge is 2.22. The van der Waals surface area contributed by atoms with Gasteiger partial charge in [-0.05, 0) is 57.0 Å². The number of ether oxygens (including phenoxy) is 2. The lowest BCUT2D eigenvalue weighted by Gasteiger charge is -2.23. The van der Waals surface area contributed by atoms with Crippen LogP contribution in [0.4, 0.5) is 10.5 Å². The van der Waals surface area contributed by atoms with Crippen molar-refractivity contribution < 1.29 is 31.2 Å². The Hall–Kier alpha value is -3.27. The molecule has 1 N–H and O–H groups in total. The molecule has 0 fully saturated rings. The Kier molecular flexibility index (Phi) is 6.78. The van der Waals surface area contributed by atoms with Crippen LogP contribution in [0.25, 0.3) is 0 Å². The number of benzene rings is 2. The molecule has 0 spiro atoms. The van der Waals surface area contributed by atoms with Crippen molar-refractivity contribution in [3.8, 4) is 11.5 Å². The first-order valence-electron chi connectivity index (χ1n) is 9.28. The maximum absolute atomic E-state index is 11.7. The summed E-state index contributed by atoms with van der Waals surface area (Å²) in [6.45, 7) is 4.05. The molecule has 160 valence electrons. The fourth-order valence-electron chi connectivity index (χ4n) is 2.67. The second kappa shape index (κ2) is 9.49. The number of unbranched alkanes of at least 4 members (excludes halogenated alkanes) is 1. The summed E-state index contributed by atoms with van der Waals surface area (Å²) in [7, 11) is -4.27. The predicted molar refractivity (Wildman–Crippen MR) is 110 cm³/mol. The lowest BCUT2D eigenvalue weighted by molar-refractivity contribution is 0.116.